The lowest BCUT2D eigenvalue weighted by atomic mass is 9.96. The topological polar surface area (TPSA) is 36.0 Å². The van der Waals surface area contributed by atoms with Gasteiger partial charge < -0.3 is 14.5 Å². The van der Waals surface area contributed by atoms with Crippen molar-refractivity contribution < 1.29 is 9.53 Å². The van der Waals surface area contributed by atoms with Crippen LogP contribution in [0.3, 0.4) is 0 Å². The van der Waals surface area contributed by atoms with Crippen molar-refractivity contribution in [2.24, 2.45) is 5.92 Å². The minimum atomic E-state index is -0.331. The van der Waals surface area contributed by atoms with Crippen molar-refractivity contribution in [3.05, 3.63) is 59.7 Å². The molecule has 0 aliphatic carbocycles. The van der Waals surface area contributed by atoms with Gasteiger partial charge in [0.05, 0.1) is 10.2 Å². The minimum absolute atomic E-state index is 0.0434. The molecule has 2 heterocycles. The van der Waals surface area contributed by atoms with Crippen molar-refractivity contribution in [1.29, 1.82) is 0 Å². The van der Waals surface area contributed by atoms with Gasteiger partial charge in [-0.05, 0) is 56.0 Å². The number of rotatable bonds is 7. The molecule has 2 aliphatic rings. The fraction of sp³-hybridized carbons (Fsp3) is 0.500. The van der Waals surface area contributed by atoms with Crippen molar-refractivity contribution in [2.45, 2.75) is 32.3 Å². The van der Waals surface area contributed by atoms with Crippen molar-refractivity contribution in [1.82, 2.24) is 4.90 Å². The minimum Gasteiger partial charge on any atom is -0.374 e. The smallest absolute Gasteiger partial charge is 0.230 e. The molecular formula is C26H34IN3O2. The lowest BCUT2D eigenvalue weighted by Crippen LogP contribution is -2.46. The zero-order valence-corrected chi connectivity index (χ0v) is 21.5. The normalized spacial score (nSPS) is 20.2. The Hall–Kier alpha value is -1.64. The van der Waals surface area contributed by atoms with Gasteiger partial charge in [-0.25, -0.2) is 0 Å². The van der Waals surface area contributed by atoms with Crippen LogP contribution in [-0.4, -0.2) is 55.2 Å². The second-order valence-corrected chi connectivity index (χ2v) is 9.98. The predicted molar refractivity (Wildman–Crippen MR) is 140 cm³/mol. The molecule has 0 spiro atoms. The highest BCUT2D eigenvalue weighted by atomic mass is 127. The third-order valence-electron chi connectivity index (χ3n) is 7.04. The number of nitrogens with zero attached hydrogens (tertiary/aromatic N) is 3. The standard InChI is InChI=1S/C26H34IN3O2/c1-26(2,32-3)22-8-10-23(11-9-22)30-13-12-21(25(30)31)18-20-6-4-5-7-24(20)29-16-14-28(19-27)15-17-29/h4-11,21H,12-19H2,1-3H3/t21-/m0/s1. The third kappa shape index (κ3) is 4.97. The quantitative estimate of drug-likeness (QED) is 0.287. The Kier molecular flexibility index (Phi) is 7.42. The summed E-state index contributed by atoms with van der Waals surface area (Å²) >= 11 is 2.44. The zero-order valence-electron chi connectivity index (χ0n) is 19.4. The average molecular weight is 547 g/mol. The number of hydrogen-bond acceptors (Lipinski definition) is 4. The van der Waals surface area contributed by atoms with Gasteiger partial charge in [0.2, 0.25) is 5.91 Å². The highest BCUT2D eigenvalue weighted by molar-refractivity contribution is 14.1. The van der Waals surface area contributed by atoms with Crippen LogP contribution in [0.25, 0.3) is 0 Å². The summed E-state index contributed by atoms with van der Waals surface area (Å²) < 4.78 is 6.67. The summed E-state index contributed by atoms with van der Waals surface area (Å²) in [4.78, 5) is 20.2. The number of anilines is 2. The first-order chi connectivity index (χ1) is 15.4. The molecule has 2 fully saturated rings. The lowest BCUT2D eigenvalue weighted by molar-refractivity contribution is -0.120. The molecule has 0 radical (unpaired) electrons. The van der Waals surface area contributed by atoms with Crippen LogP contribution in [-0.2, 0) is 21.6 Å². The van der Waals surface area contributed by atoms with Gasteiger partial charge in [-0.15, -0.1) is 0 Å². The number of piperazine rings is 1. The molecule has 0 aromatic heterocycles. The molecule has 2 aliphatic heterocycles. The van der Waals surface area contributed by atoms with E-state index in [-0.39, 0.29) is 17.4 Å². The van der Waals surface area contributed by atoms with Crippen molar-refractivity contribution >= 4 is 39.9 Å². The molecule has 0 unspecified atom stereocenters. The van der Waals surface area contributed by atoms with E-state index in [2.05, 4.69) is 94.8 Å². The average Bonchev–Trinajstić information content (AvgIpc) is 3.19. The van der Waals surface area contributed by atoms with E-state index in [0.29, 0.717) is 0 Å². The molecular weight excluding hydrogens is 513 g/mol. The van der Waals surface area contributed by atoms with Gasteiger partial charge in [0.15, 0.2) is 0 Å². The Bertz CT molecular complexity index is 923. The molecule has 2 aromatic carbocycles. The van der Waals surface area contributed by atoms with E-state index >= 15 is 0 Å². The number of carbonyl (C=O) groups excluding carboxylic acids is 1. The first-order valence-electron chi connectivity index (χ1n) is 11.5. The fourth-order valence-electron chi connectivity index (χ4n) is 4.71. The summed E-state index contributed by atoms with van der Waals surface area (Å²) in [5, 5.41) is 0. The lowest BCUT2D eigenvalue weighted by Gasteiger charge is -2.36. The van der Waals surface area contributed by atoms with Crippen LogP contribution < -0.4 is 9.80 Å². The molecule has 172 valence electrons. The molecule has 2 aromatic rings. The Labute approximate surface area is 205 Å². The number of carbonyl (C=O) groups is 1. The van der Waals surface area contributed by atoms with E-state index in [0.717, 1.165) is 61.4 Å². The number of hydrogen-bond donors (Lipinski definition) is 0. The summed E-state index contributed by atoms with van der Waals surface area (Å²) in [5.74, 6) is 0.287. The van der Waals surface area contributed by atoms with E-state index in [9.17, 15) is 4.79 Å². The highest BCUT2D eigenvalue weighted by Crippen LogP contribution is 2.32. The van der Waals surface area contributed by atoms with Crippen LogP contribution in [0.4, 0.5) is 11.4 Å². The van der Waals surface area contributed by atoms with Crippen LogP contribution in [0.15, 0.2) is 48.5 Å². The second kappa shape index (κ2) is 10.1. The van der Waals surface area contributed by atoms with E-state index in [4.69, 9.17) is 4.74 Å². The number of alkyl halides is 1. The van der Waals surface area contributed by atoms with Crippen molar-refractivity contribution in [3.63, 3.8) is 0 Å². The van der Waals surface area contributed by atoms with E-state index < -0.39 is 0 Å². The largest absolute Gasteiger partial charge is 0.374 e. The van der Waals surface area contributed by atoms with E-state index in [1.54, 1.807) is 7.11 Å². The first-order valence-corrected chi connectivity index (χ1v) is 13.0. The number of halogens is 1. The zero-order chi connectivity index (χ0) is 22.7. The Balaban J connectivity index is 1.44. The van der Waals surface area contributed by atoms with E-state index in [1.165, 1.54) is 11.3 Å². The van der Waals surface area contributed by atoms with Crippen LogP contribution in [0.2, 0.25) is 0 Å². The van der Waals surface area contributed by atoms with Crippen LogP contribution in [0, 0.1) is 5.92 Å². The van der Waals surface area contributed by atoms with Gasteiger partial charge in [0.1, 0.15) is 0 Å². The van der Waals surface area contributed by atoms with Crippen LogP contribution in [0.5, 0.6) is 0 Å². The fourth-order valence-corrected chi connectivity index (χ4v) is 5.39. The molecule has 6 heteroatoms. The summed E-state index contributed by atoms with van der Waals surface area (Å²) in [5.41, 5.74) is 4.37. The third-order valence-corrected chi connectivity index (χ3v) is 8.01. The molecule has 32 heavy (non-hydrogen) atoms. The highest BCUT2D eigenvalue weighted by Gasteiger charge is 2.33. The Morgan fingerprint density at radius 2 is 1.69 bits per heavy atom. The molecule has 5 nitrogen and oxygen atoms in total. The number of amides is 1. The second-order valence-electron chi connectivity index (χ2n) is 9.29. The summed E-state index contributed by atoms with van der Waals surface area (Å²) in [6.07, 6.45) is 1.72. The molecule has 4 rings (SSSR count). The van der Waals surface area contributed by atoms with Crippen LogP contribution >= 0.6 is 22.6 Å². The van der Waals surface area contributed by atoms with Crippen molar-refractivity contribution in [3.8, 4) is 0 Å². The number of para-hydroxylation sites is 1. The molecule has 0 bridgehead atoms. The van der Waals surface area contributed by atoms with Crippen LogP contribution in [0.1, 0.15) is 31.4 Å². The number of benzene rings is 2. The predicted octanol–water partition coefficient (Wildman–Crippen LogP) is 4.68. The van der Waals surface area contributed by atoms with Gasteiger partial charge in [0, 0.05) is 57.1 Å². The maximum absolute atomic E-state index is 13.3. The molecule has 1 amide bonds. The molecule has 1 atom stereocenters. The monoisotopic (exact) mass is 547 g/mol. The summed E-state index contributed by atoms with van der Waals surface area (Å²) in [6, 6.07) is 16.9. The summed E-state index contributed by atoms with van der Waals surface area (Å²) in [7, 11) is 1.73. The van der Waals surface area contributed by atoms with Crippen molar-refractivity contribution in [2.75, 3.05) is 54.2 Å². The van der Waals surface area contributed by atoms with Gasteiger partial charge >= 0.3 is 0 Å². The number of methoxy groups -OCH3 is 1. The molecule has 2 saturated heterocycles. The maximum atomic E-state index is 13.3. The summed E-state index contributed by atoms with van der Waals surface area (Å²) in [6.45, 7) is 9.19. The van der Waals surface area contributed by atoms with Gasteiger partial charge in [-0.2, -0.15) is 0 Å². The SMILES string of the molecule is COC(C)(C)c1ccc(N2CC[C@@H](Cc3ccccc3N3CCN(CI)CC3)C2=O)cc1. The van der Waals surface area contributed by atoms with Gasteiger partial charge in [-0.1, -0.05) is 52.9 Å². The number of ether oxygens (including phenoxy) is 1. The molecule has 0 saturated carbocycles. The van der Waals surface area contributed by atoms with E-state index in [1.807, 2.05) is 4.90 Å². The first kappa shape index (κ1) is 23.5. The van der Waals surface area contributed by atoms with Gasteiger partial charge in [0.25, 0.3) is 0 Å². The Morgan fingerprint density at radius 1 is 1.00 bits per heavy atom. The maximum Gasteiger partial charge on any atom is 0.230 e. The Morgan fingerprint density at radius 3 is 2.34 bits per heavy atom. The van der Waals surface area contributed by atoms with Gasteiger partial charge in [-0.3, -0.25) is 9.69 Å². The molecule has 0 N–H and O–H groups in total.